The second kappa shape index (κ2) is 5.95. The summed E-state index contributed by atoms with van der Waals surface area (Å²) in [6, 6.07) is -0.503. The van der Waals surface area contributed by atoms with Gasteiger partial charge >= 0.3 is 5.97 Å². The van der Waals surface area contributed by atoms with Gasteiger partial charge in [0.15, 0.2) is 0 Å². The topological polar surface area (TPSA) is 75.7 Å². The molecule has 0 aliphatic carbocycles. The van der Waals surface area contributed by atoms with Gasteiger partial charge in [0.25, 0.3) is 5.91 Å². The molecule has 0 aromatic rings. The van der Waals surface area contributed by atoms with Gasteiger partial charge in [-0.3, -0.25) is 9.59 Å². The summed E-state index contributed by atoms with van der Waals surface area (Å²) >= 11 is 1.46. The Morgan fingerprint density at radius 1 is 1.41 bits per heavy atom. The number of fused-ring (bicyclic) bond motifs is 1. The van der Waals surface area contributed by atoms with E-state index < -0.39 is 17.6 Å². The summed E-state index contributed by atoms with van der Waals surface area (Å²) in [5, 5.41) is 2.61. The van der Waals surface area contributed by atoms with Crippen LogP contribution in [0.25, 0.3) is 0 Å². The van der Waals surface area contributed by atoms with Crippen LogP contribution in [-0.2, 0) is 19.1 Å². The van der Waals surface area contributed by atoms with Gasteiger partial charge in [-0.15, -0.1) is 11.8 Å². The minimum atomic E-state index is -0.563. The molecule has 2 heterocycles. The summed E-state index contributed by atoms with van der Waals surface area (Å²) in [5.41, 5.74) is -0.0928. The summed E-state index contributed by atoms with van der Waals surface area (Å²) in [7, 11) is 0. The molecule has 1 saturated heterocycles. The van der Waals surface area contributed by atoms with Crippen LogP contribution in [0.15, 0.2) is 11.8 Å². The first kappa shape index (κ1) is 16.9. The average Bonchev–Trinajstić information content (AvgIpc) is 2.41. The maximum atomic E-state index is 12.1. The van der Waals surface area contributed by atoms with Gasteiger partial charge in [-0.05, 0) is 20.8 Å². The first-order chi connectivity index (χ1) is 10.1. The Balaban J connectivity index is 2.01. The van der Waals surface area contributed by atoms with Crippen molar-refractivity contribution < 1.29 is 19.1 Å². The van der Waals surface area contributed by atoms with Crippen LogP contribution in [0.1, 0.15) is 34.6 Å². The van der Waals surface area contributed by atoms with Crippen molar-refractivity contribution in [3.05, 3.63) is 11.8 Å². The first-order valence-corrected chi connectivity index (χ1v) is 8.33. The van der Waals surface area contributed by atoms with Crippen LogP contribution in [0.5, 0.6) is 0 Å². The Labute approximate surface area is 134 Å². The molecule has 7 heteroatoms. The predicted molar refractivity (Wildman–Crippen MR) is 83.8 cm³/mol. The van der Waals surface area contributed by atoms with Gasteiger partial charge in [0.2, 0.25) is 5.91 Å². The van der Waals surface area contributed by atoms with Gasteiger partial charge in [-0.1, -0.05) is 13.8 Å². The Morgan fingerprint density at radius 2 is 2.05 bits per heavy atom. The maximum Gasteiger partial charge on any atom is 0.336 e. The van der Waals surface area contributed by atoms with E-state index in [1.807, 2.05) is 0 Å². The third kappa shape index (κ3) is 3.45. The standard InChI is InChI=1S/C15H22N2O4S/c1-8(2)11(18)16-10-12(19)17-6-9(7-22-13(10)17)14(20)21-15(3,4)5/h6,8,10,13H,7H2,1-5H3,(H,16,18)/t10?,13-/m1/s1. The first-order valence-electron chi connectivity index (χ1n) is 7.28. The predicted octanol–water partition coefficient (Wildman–Crippen LogP) is 1.27. The van der Waals surface area contributed by atoms with E-state index in [1.165, 1.54) is 16.7 Å². The van der Waals surface area contributed by atoms with Crippen LogP contribution in [0, 0.1) is 5.92 Å². The van der Waals surface area contributed by atoms with E-state index >= 15 is 0 Å². The van der Waals surface area contributed by atoms with Gasteiger partial charge in [0.1, 0.15) is 17.0 Å². The molecule has 1 N–H and O–H groups in total. The van der Waals surface area contributed by atoms with E-state index in [0.29, 0.717) is 11.3 Å². The van der Waals surface area contributed by atoms with Crippen LogP contribution >= 0.6 is 11.8 Å². The fraction of sp³-hybridized carbons (Fsp3) is 0.667. The highest BCUT2D eigenvalue weighted by atomic mass is 32.2. The number of carbonyl (C=O) groups excluding carboxylic acids is 3. The SMILES string of the molecule is CC(C)C(=O)NC1C(=O)N2C=C(C(=O)OC(C)(C)C)CS[C@H]12. The van der Waals surface area contributed by atoms with Crippen molar-refractivity contribution in [3.8, 4) is 0 Å². The zero-order valence-corrected chi connectivity index (χ0v) is 14.3. The molecule has 122 valence electrons. The van der Waals surface area contributed by atoms with Crippen molar-refractivity contribution in [3.63, 3.8) is 0 Å². The highest BCUT2D eigenvalue weighted by Gasteiger charge is 2.50. The molecule has 0 aromatic heterocycles. The molecule has 6 nitrogen and oxygen atoms in total. The Bertz CT molecular complexity index is 536. The summed E-state index contributed by atoms with van der Waals surface area (Å²) in [6.07, 6.45) is 1.55. The monoisotopic (exact) mass is 326 g/mol. The fourth-order valence-electron chi connectivity index (χ4n) is 2.09. The molecule has 1 unspecified atom stereocenters. The molecular weight excluding hydrogens is 304 g/mol. The van der Waals surface area contributed by atoms with Gasteiger partial charge in [0, 0.05) is 17.9 Å². The van der Waals surface area contributed by atoms with Crippen molar-refractivity contribution in [2.75, 3.05) is 5.75 Å². The molecule has 0 aromatic carbocycles. The van der Waals surface area contributed by atoms with E-state index in [0.717, 1.165) is 0 Å². The van der Waals surface area contributed by atoms with Crippen molar-refractivity contribution in [1.29, 1.82) is 0 Å². The number of β-lactam (4-membered cyclic amide) rings is 1. The van der Waals surface area contributed by atoms with Crippen molar-refractivity contribution in [2.45, 2.75) is 51.6 Å². The quantitative estimate of drug-likeness (QED) is 0.624. The van der Waals surface area contributed by atoms with Gasteiger partial charge in [0.05, 0.1) is 5.57 Å². The number of ether oxygens (including phenoxy) is 1. The van der Waals surface area contributed by atoms with Crippen LogP contribution in [0.2, 0.25) is 0 Å². The summed E-state index contributed by atoms with van der Waals surface area (Å²) < 4.78 is 5.31. The molecule has 2 amide bonds. The van der Waals surface area contributed by atoms with E-state index in [-0.39, 0.29) is 23.1 Å². The summed E-state index contributed by atoms with van der Waals surface area (Å²) in [4.78, 5) is 37.4. The van der Waals surface area contributed by atoms with Crippen LogP contribution < -0.4 is 5.32 Å². The number of hydrogen-bond donors (Lipinski definition) is 1. The lowest BCUT2D eigenvalue weighted by molar-refractivity contribution is -0.150. The number of nitrogens with one attached hydrogen (secondary N) is 1. The molecule has 22 heavy (non-hydrogen) atoms. The second-order valence-electron chi connectivity index (χ2n) is 6.74. The second-order valence-corrected chi connectivity index (χ2v) is 7.85. The minimum absolute atomic E-state index is 0.138. The lowest BCUT2D eigenvalue weighted by atomic mass is 10.1. The molecule has 2 aliphatic heterocycles. The molecule has 2 aliphatic rings. The van der Waals surface area contributed by atoms with Crippen molar-refractivity contribution >= 4 is 29.5 Å². The minimum Gasteiger partial charge on any atom is -0.457 e. The van der Waals surface area contributed by atoms with Crippen LogP contribution in [0.3, 0.4) is 0 Å². The van der Waals surface area contributed by atoms with Crippen LogP contribution in [0.4, 0.5) is 0 Å². The van der Waals surface area contributed by atoms with Crippen LogP contribution in [-0.4, -0.2) is 45.5 Å². The molecule has 0 radical (unpaired) electrons. The molecule has 2 atom stereocenters. The molecular formula is C15H22N2O4S. The van der Waals surface area contributed by atoms with E-state index in [1.54, 1.807) is 40.8 Å². The zero-order chi connectivity index (χ0) is 16.7. The Kier molecular flexibility index (Phi) is 4.56. The highest BCUT2D eigenvalue weighted by Crippen LogP contribution is 2.36. The molecule has 0 spiro atoms. The maximum absolute atomic E-state index is 12.1. The molecule has 0 bridgehead atoms. The van der Waals surface area contributed by atoms with E-state index in [4.69, 9.17) is 4.74 Å². The molecule has 2 rings (SSSR count). The Morgan fingerprint density at radius 3 is 2.59 bits per heavy atom. The van der Waals surface area contributed by atoms with E-state index in [9.17, 15) is 14.4 Å². The normalized spacial score (nSPS) is 24.4. The highest BCUT2D eigenvalue weighted by molar-refractivity contribution is 8.00. The van der Waals surface area contributed by atoms with Gasteiger partial charge < -0.3 is 15.0 Å². The fourth-order valence-corrected chi connectivity index (χ4v) is 3.33. The number of nitrogens with zero attached hydrogens (tertiary/aromatic N) is 1. The number of amides is 2. The Hall–Kier alpha value is -1.50. The lowest BCUT2D eigenvalue weighted by Gasteiger charge is -2.47. The number of thioether (sulfide) groups is 1. The average molecular weight is 326 g/mol. The largest absolute Gasteiger partial charge is 0.457 e. The lowest BCUT2D eigenvalue weighted by Crippen LogP contribution is -2.68. The molecule has 1 fully saturated rings. The van der Waals surface area contributed by atoms with Gasteiger partial charge in [-0.25, -0.2) is 4.79 Å². The van der Waals surface area contributed by atoms with E-state index in [2.05, 4.69) is 5.32 Å². The smallest absolute Gasteiger partial charge is 0.336 e. The molecule has 0 saturated carbocycles. The third-order valence-corrected chi connectivity index (χ3v) is 4.59. The van der Waals surface area contributed by atoms with Crippen molar-refractivity contribution in [1.82, 2.24) is 10.2 Å². The van der Waals surface area contributed by atoms with Gasteiger partial charge in [-0.2, -0.15) is 0 Å². The summed E-state index contributed by atoms with van der Waals surface area (Å²) in [6.45, 7) is 8.97. The number of rotatable bonds is 3. The number of carbonyl (C=O) groups is 3. The summed E-state index contributed by atoms with van der Waals surface area (Å²) in [5.74, 6) is -0.422. The number of esters is 1. The zero-order valence-electron chi connectivity index (χ0n) is 13.5. The third-order valence-electron chi connectivity index (χ3n) is 3.27. The van der Waals surface area contributed by atoms with Crippen molar-refractivity contribution in [2.24, 2.45) is 5.92 Å². The number of hydrogen-bond acceptors (Lipinski definition) is 5.